The van der Waals surface area contributed by atoms with Crippen LogP contribution in [-0.4, -0.2) is 18.0 Å². The van der Waals surface area contributed by atoms with Gasteiger partial charge in [-0.15, -0.1) is 0 Å². The monoisotopic (exact) mass is 268 g/mol. The summed E-state index contributed by atoms with van der Waals surface area (Å²) in [4.78, 5) is 2.42. The van der Waals surface area contributed by atoms with Crippen molar-refractivity contribution in [1.82, 2.24) is 4.90 Å². The smallest absolute Gasteiger partial charge is 0.0240 e. The van der Waals surface area contributed by atoms with Crippen LogP contribution < -0.4 is 5.73 Å². The Kier molecular flexibility index (Phi) is 5.78. The molecule has 0 atom stereocenters. The van der Waals surface area contributed by atoms with E-state index in [2.05, 4.69) is 66.4 Å². The van der Waals surface area contributed by atoms with Crippen molar-refractivity contribution in [3.05, 3.63) is 71.3 Å². The molecule has 0 fully saturated rings. The van der Waals surface area contributed by atoms with E-state index >= 15 is 0 Å². The van der Waals surface area contributed by atoms with Crippen molar-refractivity contribution < 1.29 is 0 Å². The van der Waals surface area contributed by atoms with Gasteiger partial charge in [0, 0.05) is 26.2 Å². The van der Waals surface area contributed by atoms with Gasteiger partial charge in [-0.2, -0.15) is 0 Å². The van der Waals surface area contributed by atoms with Crippen LogP contribution in [0.15, 0.2) is 54.6 Å². The lowest BCUT2D eigenvalue weighted by atomic mass is 10.0. The summed E-state index contributed by atoms with van der Waals surface area (Å²) in [5.74, 6) is 0. The average molecular weight is 268 g/mol. The van der Waals surface area contributed by atoms with Gasteiger partial charge in [-0.05, 0) is 23.1 Å². The number of benzene rings is 2. The maximum Gasteiger partial charge on any atom is 0.0240 e. The lowest BCUT2D eigenvalue weighted by Crippen LogP contribution is -2.29. The summed E-state index contributed by atoms with van der Waals surface area (Å²) in [6.07, 6.45) is 1.08. The summed E-state index contributed by atoms with van der Waals surface area (Å²) in [5.41, 5.74) is 9.96. The van der Waals surface area contributed by atoms with Crippen molar-refractivity contribution >= 4 is 0 Å². The Hall–Kier alpha value is -1.64. The maximum atomic E-state index is 5.77. The van der Waals surface area contributed by atoms with Gasteiger partial charge in [-0.3, -0.25) is 4.90 Å². The molecule has 2 aromatic rings. The van der Waals surface area contributed by atoms with E-state index in [9.17, 15) is 0 Å². The summed E-state index contributed by atoms with van der Waals surface area (Å²) < 4.78 is 0. The van der Waals surface area contributed by atoms with Crippen LogP contribution >= 0.6 is 0 Å². The van der Waals surface area contributed by atoms with Crippen molar-refractivity contribution in [2.75, 3.05) is 13.1 Å². The van der Waals surface area contributed by atoms with Crippen molar-refractivity contribution in [2.45, 2.75) is 26.4 Å². The lowest BCUT2D eigenvalue weighted by molar-refractivity contribution is 0.263. The second-order valence-electron chi connectivity index (χ2n) is 5.11. The molecule has 0 aromatic heterocycles. The van der Waals surface area contributed by atoms with Gasteiger partial charge >= 0.3 is 0 Å². The molecule has 20 heavy (non-hydrogen) atoms. The summed E-state index contributed by atoms with van der Waals surface area (Å²) in [7, 11) is 0. The topological polar surface area (TPSA) is 29.3 Å². The zero-order valence-corrected chi connectivity index (χ0v) is 12.3. The number of aryl methyl sites for hydroxylation is 1. The fraction of sp³-hybridized carbons (Fsp3) is 0.333. The first kappa shape index (κ1) is 14.8. The van der Waals surface area contributed by atoms with Crippen LogP contribution in [0.1, 0.15) is 23.6 Å². The zero-order valence-electron chi connectivity index (χ0n) is 12.3. The summed E-state index contributed by atoms with van der Waals surface area (Å²) in [6, 6.07) is 19.3. The van der Waals surface area contributed by atoms with E-state index in [1.165, 1.54) is 16.7 Å². The molecular weight excluding hydrogens is 244 g/mol. The second-order valence-corrected chi connectivity index (χ2v) is 5.11. The minimum atomic E-state index is 0.696. The Morgan fingerprint density at radius 2 is 1.50 bits per heavy atom. The number of hydrogen-bond donors (Lipinski definition) is 1. The molecule has 0 radical (unpaired) electrons. The first-order valence-electron chi connectivity index (χ1n) is 7.36. The van der Waals surface area contributed by atoms with Crippen LogP contribution in [0.3, 0.4) is 0 Å². The second kappa shape index (κ2) is 7.83. The fourth-order valence-corrected chi connectivity index (χ4v) is 2.54. The highest BCUT2D eigenvalue weighted by molar-refractivity contribution is 5.27. The molecule has 0 heterocycles. The van der Waals surface area contributed by atoms with E-state index in [-0.39, 0.29) is 0 Å². The Bertz CT molecular complexity index is 508. The van der Waals surface area contributed by atoms with Gasteiger partial charge in [0.2, 0.25) is 0 Å². The standard InChI is InChI=1S/C18H24N2/c1-2-17-10-6-7-11-18(17)15-20(13-12-19)14-16-8-4-3-5-9-16/h3-11H,2,12-15,19H2,1H3. The molecule has 0 aliphatic rings. The molecule has 2 heteroatoms. The lowest BCUT2D eigenvalue weighted by Gasteiger charge is -2.23. The molecule has 0 spiro atoms. The molecule has 2 N–H and O–H groups in total. The van der Waals surface area contributed by atoms with Gasteiger partial charge in [-0.25, -0.2) is 0 Å². The van der Waals surface area contributed by atoms with E-state index < -0.39 is 0 Å². The predicted octanol–water partition coefficient (Wildman–Crippen LogP) is 3.21. The highest BCUT2D eigenvalue weighted by Crippen LogP contribution is 2.14. The largest absolute Gasteiger partial charge is 0.329 e. The molecule has 0 amide bonds. The van der Waals surface area contributed by atoms with Gasteiger partial charge in [0.25, 0.3) is 0 Å². The van der Waals surface area contributed by atoms with Gasteiger partial charge in [0.15, 0.2) is 0 Å². The maximum absolute atomic E-state index is 5.77. The molecule has 0 saturated heterocycles. The highest BCUT2D eigenvalue weighted by Gasteiger charge is 2.08. The molecule has 2 nitrogen and oxygen atoms in total. The molecule has 0 aliphatic heterocycles. The molecule has 0 saturated carbocycles. The third kappa shape index (κ3) is 4.19. The Labute approximate surface area is 122 Å². The molecule has 0 aliphatic carbocycles. The van der Waals surface area contributed by atoms with E-state index in [0.717, 1.165) is 26.1 Å². The van der Waals surface area contributed by atoms with E-state index in [1.807, 2.05) is 0 Å². The number of hydrogen-bond acceptors (Lipinski definition) is 2. The SMILES string of the molecule is CCc1ccccc1CN(CCN)Cc1ccccc1. The molecule has 0 unspecified atom stereocenters. The van der Waals surface area contributed by atoms with Crippen LogP contribution in [0.2, 0.25) is 0 Å². The third-order valence-corrected chi connectivity index (χ3v) is 3.59. The Morgan fingerprint density at radius 1 is 0.850 bits per heavy atom. The minimum absolute atomic E-state index is 0.696. The summed E-state index contributed by atoms with van der Waals surface area (Å²) in [5, 5.41) is 0. The van der Waals surface area contributed by atoms with Crippen molar-refractivity contribution in [3.63, 3.8) is 0 Å². The van der Waals surface area contributed by atoms with Crippen LogP contribution in [-0.2, 0) is 19.5 Å². The van der Waals surface area contributed by atoms with Crippen LogP contribution in [0, 0.1) is 0 Å². The van der Waals surface area contributed by atoms with Gasteiger partial charge in [0.1, 0.15) is 0 Å². The van der Waals surface area contributed by atoms with Gasteiger partial charge < -0.3 is 5.73 Å². The Morgan fingerprint density at radius 3 is 2.15 bits per heavy atom. The number of nitrogens with zero attached hydrogens (tertiary/aromatic N) is 1. The molecule has 106 valence electrons. The molecule has 0 bridgehead atoms. The normalized spacial score (nSPS) is 10.9. The minimum Gasteiger partial charge on any atom is -0.329 e. The predicted molar refractivity (Wildman–Crippen MR) is 85.4 cm³/mol. The van der Waals surface area contributed by atoms with Crippen molar-refractivity contribution in [3.8, 4) is 0 Å². The van der Waals surface area contributed by atoms with Crippen LogP contribution in [0.4, 0.5) is 0 Å². The molecule has 2 rings (SSSR count). The number of nitrogens with two attached hydrogens (primary N) is 1. The van der Waals surface area contributed by atoms with Crippen LogP contribution in [0.5, 0.6) is 0 Å². The zero-order chi connectivity index (χ0) is 14.2. The first-order valence-corrected chi connectivity index (χ1v) is 7.36. The Balaban J connectivity index is 2.09. The van der Waals surface area contributed by atoms with E-state index in [4.69, 9.17) is 5.73 Å². The number of rotatable bonds is 7. The summed E-state index contributed by atoms with van der Waals surface area (Å²) in [6.45, 7) is 5.75. The fourth-order valence-electron chi connectivity index (χ4n) is 2.54. The van der Waals surface area contributed by atoms with Crippen molar-refractivity contribution in [1.29, 1.82) is 0 Å². The summed E-state index contributed by atoms with van der Waals surface area (Å²) >= 11 is 0. The van der Waals surface area contributed by atoms with Crippen LogP contribution in [0.25, 0.3) is 0 Å². The van der Waals surface area contributed by atoms with Gasteiger partial charge in [-0.1, -0.05) is 61.5 Å². The van der Waals surface area contributed by atoms with Gasteiger partial charge in [0.05, 0.1) is 0 Å². The highest BCUT2D eigenvalue weighted by atomic mass is 15.1. The average Bonchev–Trinajstić information content (AvgIpc) is 2.49. The quantitative estimate of drug-likeness (QED) is 0.835. The van der Waals surface area contributed by atoms with E-state index in [0.29, 0.717) is 6.54 Å². The first-order chi connectivity index (χ1) is 9.83. The van der Waals surface area contributed by atoms with Crippen molar-refractivity contribution in [2.24, 2.45) is 5.73 Å². The molecule has 2 aromatic carbocycles. The van der Waals surface area contributed by atoms with E-state index in [1.54, 1.807) is 0 Å². The third-order valence-electron chi connectivity index (χ3n) is 3.59. The molecular formula is C18H24N2.